The first-order valence-electron chi connectivity index (χ1n) is 4.55. The molecule has 0 heterocycles. The average molecular weight is 393 g/mol. The molecule has 0 saturated heterocycles. The van der Waals surface area contributed by atoms with E-state index in [2.05, 4.69) is 24.2 Å². The zero-order valence-electron chi connectivity index (χ0n) is 7.97. The van der Waals surface area contributed by atoms with Crippen molar-refractivity contribution in [2.45, 2.75) is 25.3 Å². The van der Waals surface area contributed by atoms with Gasteiger partial charge in [0.25, 0.3) is 0 Å². The van der Waals surface area contributed by atoms with Crippen molar-refractivity contribution in [2.24, 2.45) is 0 Å². The van der Waals surface area contributed by atoms with Crippen LogP contribution in [0.1, 0.15) is 19.3 Å². The fraction of sp³-hybridized carbons (Fsp3) is 0.889. The number of nitrogens with zero attached hydrogens (tertiary/aromatic N) is 1. The molecule has 0 unspecified atom stereocenters. The second kappa shape index (κ2) is 7.38. The Morgan fingerprint density at radius 2 is 2.17 bits per heavy atom. The van der Waals surface area contributed by atoms with E-state index in [0.717, 1.165) is 19.1 Å². The number of hydrogen-bond acceptors (Lipinski definition) is 2. The van der Waals surface area contributed by atoms with Gasteiger partial charge in [0.05, 0.1) is 0 Å². The fourth-order valence-electron chi connectivity index (χ4n) is 1.39. The maximum atomic E-state index is 3.73. The van der Waals surface area contributed by atoms with Crippen molar-refractivity contribution in [3.8, 4) is 0 Å². The molecule has 3 heteroatoms. The van der Waals surface area contributed by atoms with Crippen molar-refractivity contribution in [3.05, 3.63) is 6.92 Å². The Labute approximate surface area is 99.8 Å². The Hall–Kier alpha value is 0.972. The van der Waals surface area contributed by atoms with Gasteiger partial charge in [0.15, 0.2) is 0 Å². The molecule has 12 heavy (non-hydrogen) atoms. The van der Waals surface area contributed by atoms with Crippen LogP contribution in [0.25, 0.3) is 0 Å². The van der Waals surface area contributed by atoms with Crippen molar-refractivity contribution >= 4 is 0 Å². The molecule has 1 aliphatic rings. The van der Waals surface area contributed by atoms with E-state index in [0.29, 0.717) is 0 Å². The molecule has 0 bridgehead atoms. The van der Waals surface area contributed by atoms with Crippen molar-refractivity contribution in [1.29, 1.82) is 0 Å². The van der Waals surface area contributed by atoms with Gasteiger partial charge < -0.3 is 17.1 Å². The minimum absolute atomic E-state index is 0. The molecule has 1 fully saturated rings. The molecule has 0 spiro atoms. The van der Waals surface area contributed by atoms with Gasteiger partial charge in [0.1, 0.15) is 0 Å². The van der Waals surface area contributed by atoms with E-state index in [1.165, 1.54) is 25.8 Å². The van der Waals surface area contributed by atoms with Gasteiger partial charge in [-0.25, -0.2) is 0 Å². The summed E-state index contributed by atoms with van der Waals surface area (Å²) < 4.78 is 0. The molecule has 0 amide bonds. The largest absolute Gasteiger partial charge is 0.345 e. The van der Waals surface area contributed by atoms with Crippen LogP contribution >= 0.6 is 0 Å². The van der Waals surface area contributed by atoms with E-state index in [1.807, 2.05) is 0 Å². The van der Waals surface area contributed by atoms with E-state index in [9.17, 15) is 0 Å². The Kier molecular flexibility index (Phi) is 7.98. The molecule has 0 aromatic rings. The first-order valence-corrected chi connectivity index (χ1v) is 4.55. The number of nitrogens with one attached hydrogen (secondary N) is 1. The van der Waals surface area contributed by atoms with Gasteiger partial charge in [0.2, 0.25) is 0 Å². The van der Waals surface area contributed by atoms with Crippen LogP contribution in [0.3, 0.4) is 0 Å². The van der Waals surface area contributed by atoms with Gasteiger partial charge >= 0.3 is 0 Å². The van der Waals surface area contributed by atoms with Gasteiger partial charge in [-0.3, -0.25) is 0 Å². The summed E-state index contributed by atoms with van der Waals surface area (Å²) in [4.78, 5) is 2.45. The first-order chi connectivity index (χ1) is 5.34. The Morgan fingerprint density at radius 3 is 2.58 bits per heavy atom. The minimum atomic E-state index is 0. The van der Waals surface area contributed by atoms with Crippen LogP contribution in [-0.2, 0) is 0 Å². The van der Waals surface area contributed by atoms with E-state index >= 15 is 0 Å². The van der Waals surface area contributed by atoms with Crippen LogP contribution in [0.4, 0.5) is 0 Å². The van der Waals surface area contributed by atoms with E-state index in [1.54, 1.807) is 0 Å². The second-order valence-corrected chi connectivity index (χ2v) is 3.32. The average Bonchev–Trinajstić information content (AvgIpc) is 1.84. The summed E-state index contributed by atoms with van der Waals surface area (Å²) in [6, 6.07) is 0.876. The molecule has 1 N–H and O–H groups in total. The quantitative estimate of drug-likeness (QED) is 0.552. The molecule has 0 aliphatic heterocycles. The second-order valence-electron chi connectivity index (χ2n) is 3.32. The van der Waals surface area contributed by atoms with Crippen molar-refractivity contribution in [3.63, 3.8) is 0 Å². The normalized spacial score (nSPS) is 17.2. The summed E-state index contributed by atoms with van der Waals surface area (Å²) in [5.74, 6) is 0. The summed E-state index contributed by atoms with van der Waals surface area (Å²) in [6.45, 7) is 6.82. The van der Waals surface area contributed by atoms with Crippen molar-refractivity contribution in [2.75, 3.05) is 26.7 Å². The third kappa shape index (κ3) is 4.28. The molecule has 0 aromatic carbocycles. The smallest absolute Gasteiger partial charge is 0.0106 e. The van der Waals surface area contributed by atoms with Crippen LogP contribution in [0, 0.1) is 38.0 Å². The molecule has 0 radical (unpaired) electrons. The van der Waals surface area contributed by atoms with Gasteiger partial charge in [-0.05, 0) is 19.9 Å². The molecule has 2 nitrogen and oxygen atoms in total. The van der Waals surface area contributed by atoms with Gasteiger partial charge in [-0.15, -0.1) is 6.54 Å². The summed E-state index contributed by atoms with van der Waals surface area (Å²) in [5, 5.41) is 3.23. The van der Waals surface area contributed by atoms with Crippen LogP contribution in [0.15, 0.2) is 0 Å². The monoisotopic (exact) mass is 393 g/mol. The van der Waals surface area contributed by atoms with Gasteiger partial charge in [-0.1, -0.05) is 6.42 Å². The fourth-order valence-corrected chi connectivity index (χ4v) is 1.39. The summed E-state index contributed by atoms with van der Waals surface area (Å²) >= 11 is 0. The molecular weight excluding hydrogens is 374 g/mol. The zero-order chi connectivity index (χ0) is 8.10. The molecule has 0 aromatic heterocycles. The maximum Gasteiger partial charge on any atom is 0.0106 e. The maximum absolute atomic E-state index is 3.73. The predicted octanol–water partition coefficient (Wildman–Crippen LogP) is 0.894. The third-order valence-electron chi connectivity index (χ3n) is 2.52. The third-order valence-corrected chi connectivity index (χ3v) is 2.52. The predicted molar refractivity (Wildman–Crippen MR) is 48.5 cm³/mol. The Balaban J connectivity index is 0.00000121. The number of rotatable bonds is 5. The van der Waals surface area contributed by atoms with Gasteiger partial charge in [-0.2, -0.15) is 0 Å². The van der Waals surface area contributed by atoms with E-state index < -0.39 is 0 Å². The van der Waals surface area contributed by atoms with Crippen LogP contribution in [0.2, 0.25) is 0 Å². The van der Waals surface area contributed by atoms with Crippen molar-refractivity contribution in [1.82, 2.24) is 10.2 Å². The molecule has 70 valence electrons. The SMILES string of the molecule is [CH2-]CNCCN(C)C1CCC1.[U]. The minimum Gasteiger partial charge on any atom is -0.345 e. The topological polar surface area (TPSA) is 15.3 Å². The summed E-state index contributed by atoms with van der Waals surface area (Å²) in [6.07, 6.45) is 4.24. The van der Waals surface area contributed by atoms with Crippen LogP contribution in [0.5, 0.6) is 0 Å². The number of likely N-dealkylation sites (N-methyl/N-ethyl adjacent to an activating group) is 1. The Bertz CT molecular complexity index is 105. The molecular formula is C9H19N2U-. The van der Waals surface area contributed by atoms with E-state index in [-0.39, 0.29) is 31.1 Å². The van der Waals surface area contributed by atoms with Crippen LogP contribution in [-0.4, -0.2) is 37.6 Å². The molecule has 1 saturated carbocycles. The van der Waals surface area contributed by atoms with Crippen LogP contribution < -0.4 is 5.32 Å². The summed E-state index contributed by atoms with van der Waals surface area (Å²) in [5.41, 5.74) is 0. The summed E-state index contributed by atoms with van der Waals surface area (Å²) in [7, 11) is 2.22. The van der Waals surface area contributed by atoms with Gasteiger partial charge in [0, 0.05) is 50.2 Å². The first kappa shape index (κ1) is 13.0. The molecule has 0 atom stereocenters. The molecule has 1 aliphatic carbocycles. The standard InChI is InChI=1S/C9H19N2.U/c1-3-10-7-8-11(2)9-5-4-6-9;/h9-10H,1,3-8H2,2H3;/q-1;. The number of hydrogen-bond donors (Lipinski definition) is 1. The van der Waals surface area contributed by atoms with E-state index in [4.69, 9.17) is 0 Å². The zero-order valence-corrected chi connectivity index (χ0v) is 12.1. The van der Waals surface area contributed by atoms with Crippen molar-refractivity contribution < 1.29 is 31.1 Å². The Morgan fingerprint density at radius 1 is 1.50 bits per heavy atom. The molecule has 1 rings (SSSR count).